The minimum atomic E-state index is -0.416. The van der Waals surface area contributed by atoms with E-state index in [1.54, 1.807) is 6.92 Å². The van der Waals surface area contributed by atoms with Gasteiger partial charge in [0.05, 0.1) is 12.1 Å². The van der Waals surface area contributed by atoms with Crippen molar-refractivity contribution in [1.82, 2.24) is 9.88 Å². The highest BCUT2D eigenvalue weighted by molar-refractivity contribution is 5.92. The maximum Gasteiger partial charge on any atom is 0.238 e. The number of pyridine rings is 1. The standard InChI is InChI=1S/C22H22FN3O2/c1-13-4-3-5-16(8-13)24-20(27)12-26-7-6-19-18(11-26)22(28)17-10-15(23)9-14(2)21(17)25-19/h3-5,8-10H,6-7,11-12H2,1-2H3,(H,24,27)(H,25,28). The second-order valence-corrected chi connectivity index (χ2v) is 7.43. The highest BCUT2D eigenvalue weighted by atomic mass is 19.1. The van der Waals surface area contributed by atoms with Crippen molar-refractivity contribution in [3.05, 3.63) is 74.8 Å². The zero-order chi connectivity index (χ0) is 19.8. The molecule has 1 aliphatic rings. The summed E-state index contributed by atoms with van der Waals surface area (Å²) in [5, 5.41) is 3.26. The van der Waals surface area contributed by atoms with Crippen LogP contribution in [0.5, 0.6) is 0 Å². The molecule has 4 rings (SSSR count). The second-order valence-electron chi connectivity index (χ2n) is 7.43. The number of amides is 1. The zero-order valence-corrected chi connectivity index (χ0v) is 15.9. The van der Waals surface area contributed by atoms with Crippen molar-refractivity contribution in [2.24, 2.45) is 0 Å². The molecule has 0 spiro atoms. The Morgan fingerprint density at radius 2 is 2.07 bits per heavy atom. The van der Waals surface area contributed by atoms with Crippen molar-refractivity contribution < 1.29 is 9.18 Å². The van der Waals surface area contributed by atoms with Crippen LogP contribution in [0.2, 0.25) is 0 Å². The molecule has 0 fully saturated rings. The number of fused-ring (bicyclic) bond motifs is 2. The van der Waals surface area contributed by atoms with Gasteiger partial charge in [0.1, 0.15) is 5.82 Å². The molecule has 6 heteroatoms. The van der Waals surface area contributed by atoms with Crippen LogP contribution in [0.25, 0.3) is 10.9 Å². The molecule has 0 bridgehead atoms. The summed E-state index contributed by atoms with van der Waals surface area (Å²) in [6, 6.07) is 10.3. The number of H-pyrrole nitrogens is 1. The average molecular weight is 379 g/mol. The van der Waals surface area contributed by atoms with Crippen molar-refractivity contribution >= 4 is 22.5 Å². The topological polar surface area (TPSA) is 65.2 Å². The lowest BCUT2D eigenvalue weighted by molar-refractivity contribution is -0.117. The number of aryl methyl sites for hydroxylation is 2. The molecule has 1 aromatic heterocycles. The van der Waals surface area contributed by atoms with Crippen LogP contribution in [-0.2, 0) is 17.8 Å². The highest BCUT2D eigenvalue weighted by Gasteiger charge is 2.23. The second kappa shape index (κ2) is 7.20. The van der Waals surface area contributed by atoms with Gasteiger partial charge in [-0.05, 0) is 49.2 Å². The van der Waals surface area contributed by atoms with Crippen molar-refractivity contribution in [2.75, 3.05) is 18.4 Å². The molecule has 0 radical (unpaired) electrons. The number of carbonyl (C=O) groups is 1. The number of aromatic amines is 1. The molecule has 2 N–H and O–H groups in total. The first-order valence-corrected chi connectivity index (χ1v) is 9.33. The zero-order valence-electron chi connectivity index (χ0n) is 15.9. The SMILES string of the molecule is Cc1cccc(NC(=O)CN2CCc3[nH]c4c(C)cc(F)cc4c(=O)c3C2)c1. The van der Waals surface area contributed by atoms with Gasteiger partial charge in [0.15, 0.2) is 5.43 Å². The Kier molecular flexibility index (Phi) is 4.73. The average Bonchev–Trinajstić information content (AvgIpc) is 2.63. The summed E-state index contributed by atoms with van der Waals surface area (Å²) in [7, 11) is 0. The Hall–Kier alpha value is -2.99. The lowest BCUT2D eigenvalue weighted by Gasteiger charge is -2.28. The Labute approximate surface area is 162 Å². The third-order valence-corrected chi connectivity index (χ3v) is 5.19. The van der Waals surface area contributed by atoms with Gasteiger partial charge in [0.2, 0.25) is 5.91 Å². The van der Waals surface area contributed by atoms with E-state index in [1.165, 1.54) is 12.1 Å². The molecule has 28 heavy (non-hydrogen) atoms. The summed E-state index contributed by atoms with van der Waals surface area (Å²) in [6.07, 6.45) is 0.648. The van der Waals surface area contributed by atoms with E-state index in [2.05, 4.69) is 10.3 Å². The molecule has 0 aliphatic carbocycles. The molecule has 0 atom stereocenters. The number of hydrogen-bond donors (Lipinski definition) is 2. The third-order valence-electron chi connectivity index (χ3n) is 5.19. The summed E-state index contributed by atoms with van der Waals surface area (Å²) >= 11 is 0. The van der Waals surface area contributed by atoms with Crippen molar-refractivity contribution in [1.29, 1.82) is 0 Å². The molecule has 0 unspecified atom stereocenters. The van der Waals surface area contributed by atoms with Crippen LogP contribution in [0.1, 0.15) is 22.4 Å². The van der Waals surface area contributed by atoms with Gasteiger partial charge in [-0.25, -0.2) is 4.39 Å². The van der Waals surface area contributed by atoms with Crippen molar-refractivity contribution in [3.8, 4) is 0 Å². The lowest BCUT2D eigenvalue weighted by atomic mass is 10.0. The fraction of sp³-hybridized carbons (Fsp3) is 0.273. The van der Waals surface area contributed by atoms with Crippen LogP contribution in [0.3, 0.4) is 0 Å². The predicted molar refractivity (Wildman–Crippen MR) is 108 cm³/mol. The first-order valence-electron chi connectivity index (χ1n) is 9.33. The van der Waals surface area contributed by atoms with E-state index in [4.69, 9.17) is 0 Å². The monoisotopic (exact) mass is 379 g/mol. The van der Waals surface area contributed by atoms with Crippen LogP contribution >= 0.6 is 0 Å². The molecular weight excluding hydrogens is 357 g/mol. The van der Waals surface area contributed by atoms with Gasteiger partial charge in [-0.1, -0.05) is 12.1 Å². The van der Waals surface area contributed by atoms with Crippen molar-refractivity contribution in [3.63, 3.8) is 0 Å². The van der Waals surface area contributed by atoms with E-state index < -0.39 is 5.82 Å². The number of anilines is 1. The Balaban J connectivity index is 1.55. The summed E-state index contributed by atoms with van der Waals surface area (Å²) in [5.41, 5.74) is 4.58. The Morgan fingerprint density at radius 3 is 2.86 bits per heavy atom. The van der Waals surface area contributed by atoms with E-state index in [-0.39, 0.29) is 17.9 Å². The van der Waals surface area contributed by atoms with Gasteiger partial charge >= 0.3 is 0 Å². The largest absolute Gasteiger partial charge is 0.358 e. The summed E-state index contributed by atoms with van der Waals surface area (Å²) in [6.45, 7) is 5.01. The summed E-state index contributed by atoms with van der Waals surface area (Å²) in [5.74, 6) is -0.534. The Morgan fingerprint density at radius 1 is 1.25 bits per heavy atom. The third kappa shape index (κ3) is 3.55. The number of nitrogens with one attached hydrogen (secondary N) is 2. The van der Waals surface area contributed by atoms with Crippen LogP contribution in [-0.4, -0.2) is 28.9 Å². The first kappa shape index (κ1) is 18.4. The number of rotatable bonds is 3. The maximum atomic E-state index is 13.8. The molecule has 1 amide bonds. The molecule has 3 aromatic rings. The van der Waals surface area contributed by atoms with Crippen LogP contribution in [0, 0.1) is 19.7 Å². The quantitative estimate of drug-likeness (QED) is 0.734. The van der Waals surface area contributed by atoms with E-state index in [1.807, 2.05) is 36.1 Å². The molecular formula is C22H22FN3O2. The molecule has 2 aromatic carbocycles. The van der Waals surface area contributed by atoms with E-state index in [0.29, 0.717) is 36.0 Å². The van der Waals surface area contributed by atoms with E-state index in [0.717, 1.165) is 22.5 Å². The first-order chi connectivity index (χ1) is 13.4. The van der Waals surface area contributed by atoms with Gasteiger partial charge in [-0.3, -0.25) is 14.5 Å². The van der Waals surface area contributed by atoms with Crippen molar-refractivity contribution in [2.45, 2.75) is 26.8 Å². The molecule has 0 saturated heterocycles. The van der Waals surface area contributed by atoms with Crippen LogP contribution in [0.15, 0.2) is 41.2 Å². The molecule has 144 valence electrons. The van der Waals surface area contributed by atoms with Crippen LogP contribution < -0.4 is 10.7 Å². The number of benzene rings is 2. The van der Waals surface area contributed by atoms with Gasteiger partial charge in [-0.15, -0.1) is 0 Å². The molecule has 5 nitrogen and oxygen atoms in total. The smallest absolute Gasteiger partial charge is 0.238 e. The number of halogens is 1. The number of nitrogens with zero attached hydrogens (tertiary/aromatic N) is 1. The fourth-order valence-corrected chi connectivity index (χ4v) is 3.83. The van der Waals surface area contributed by atoms with E-state index in [9.17, 15) is 14.0 Å². The lowest BCUT2D eigenvalue weighted by Crippen LogP contribution is -2.39. The minimum absolute atomic E-state index is 0.117. The van der Waals surface area contributed by atoms with Gasteiger partial charge < -0.3 is 10.3 Å². The normalized spacial score (nSPS) is 14.1. The number of aromatic nitrogens is 1. The van der Waals surface area contributed by atoms with Crippen LogP contribution in [0.4, 0.5) is 10.1 Å². The van der Waals surface area contributed by atoms with Gasteiger partial charge in [-0.2, -0.15) is 0 Å². The summed E-state index contributed by atoms with van der Waals surface area (Å²) in [4.78, 5) is 30.6. The fourth-order valence-electron chi connectivity index (χ4n) is 3.83. The number of carbonyl (C=O) groups excluding carboxylic acids is 1. The van der Waals surface area contributed by atoms with Gasteiger partial charge in [0.25, 0.3) is 0 Å². The molecule has 0 saturated carbocycles. The van der Waals surface area contributed by atoms with E-state index >= 15 is 0 Å². The number of hydrogen-bond acceptors (Lipinski definition) is 3. The van der Waals surface area contributed by atoms with Gasteiger partial charge in [0, 0.05) is 41.8 Å². The highest BCUT2D eigenvalue weighted by Crippen LogP contribution is 2.21. The Bertz CT molecular complexity index is 1140. The predicted octanol–water partition coefficient (Wildman–Crippen LogP) is 3.28. The molecule has 2 heterocycles. The minimum Gasteiger partial charge on any atom is -0.358 e. The molecule has 1 aliphatic heterocycles. The summed E-state index contributed by atoms with van der Waals surface area (Å²) < 4.78 is 13.8. The maximum absolute atomic E-state index is 13.8.